The summed E-state index contributed by atoms with van der Waals surface area (Å²) in [6, 6.07) is 8.27. The van der Waals surface area contributed by atoms with Crippen LogP contribution in [-0.4, -0.2) is 10.9 Å². The van der Waals surface area contributed by atoms with Gasteiger partial charge in [-0.25, -0.2) is 4.98 Å². The Morgan fingerprint density at radius 2 is 2.11 bits per heavy atom. The van der Waals surface area contributed by atoms with Crippen molar-refractivity contribution >= 4 is 44.9 Å². The van der Waals surface area contributed by atoms with Gasteiger partial charge in [0.1, 0.15) is 5.82 Å². The molecule has 2 aromatic rings. The second kappa shape index (κ2) is 5.37. The normalized spacial score (nSPS) is 10.1. The Morgan fingerprint density at radius 1 is 1.33 bits per heavy atom. The zero-order chi connectivity index (χ0) is 13.1. The number of nitrogen functional groups attached to an aromatic ring is 1. The van der Waals surface area contributed by atoms with Gasteiger partial charge in [0, 0.05) is 21.9 Å². The molecule has 1 heterocycles. The molecule has 1 aromatic heterocycles. The van der Waals surface area contributed by atoms with Crippen LogP contribution in [0.5, 0.6) is 0 Å². The zero-order valence-corrected chi connectivity index (χ0v) is 11.5. The van der Waals surface area contributed by atoms with Gasteiger partial charge in [0.05, 0.1) is 5.02 Å². The number of carbonyl (C=O) groups is 1. The molecule has 0 spiro atoms. The van der Waals surface area contributed by atoms with Crippen molar-refractivity contribution < 1.29 is 4.79 Å². The van der Waals surface area contributed by atoms with Crippen LogP contribution in [0, 0.1) is 0 Å². The number of hydrogen-bond acceptors (Lipinski definition) is 3. The first-order valence-electron chi connectivity index (χ1n) is 5.04. The van der Waals surface area contributed by atoms with E-state index >= 15 is 0 Å². The van der Waals surface area contributed by atoms with E-state index < -0.39 is 0 Å². The predicted molar refractivity (Wildman–Crippen MR) is 75.8 cm³/mol. The van der Waals surface area contributed by atoms with Crippen molar-refractivity contribution in [3.63, 3.8) is 0 Å². The van der Waals surface area contributed by atoms with Crippen molar-refractivity contribution in [2.75, 3.05) is 11.1 Å². The second-order valence-electron chi connectivity index (χ2n) is 3.55. The molecule has 0 aliphatic rings. The second-order valence-corrected chi connectivity index (χ2v) is 4.81. The number of aromatic nitrogens is 1. The Labute approximate surface area is 117 Å². The molecule has 0 unspecified atom stereocenters. The van der Waals surface area contributed by atoms with Gasteiger partial charge < -0.3 is 11.1 Å². The van der Waals surface area contributed by atoms with Crippen LogP contribution >= 0.6 is 27.5 Å². The fourth-order valence-electron chi connectivity index (χ4n) is 1.37. The third kappa shape index (κ3) is 3.00. The van der Waals surface area contributed by atoms with E-state index in [1.54, 1.807) is 24.3 Å². The number of pyridine rings is 1. The average molecular weight is 327 g/mol. The van der Waals surface area contributed by atoms with E-state index in [4.69, 9.17) is 17.3 Å². The third-order valence-electron chi connectivity index (χ3n) is 2.22. The van der Waals surface area contributed by atoms with E-state index in [0.717, 1.165) is 4.47 Å². The highest BCUT2D eigenvalue weighted by Crippen LogP contribution is 2.25. The quantitative estimate of drug-likeness (QED) is 0.889. The minimum absolute atomic E-state index is 0.262. The lowest BCUT2D eigenvalue weighted by atomic mass is 10.2. The number of halogens is 2. The number of carbonyl (C=O) groups excluding carboxylic acids is 1. The van der Waals surface area contributed by atoms with Crippen LogP contribution in [0.25, 0.3) is 0 Å². The minimum Gasteiger partial charge on any atom is -0.384 e. The molecule has 0 radical (unpaired) electrons. The van der Waals surface area contributed by atoms with Crippen molar-refractivity contribution in [1.82, 2.24) is 4.98 Å². The van der Waals surface area contributed by atoms with Gasteiger partial charge >= 0.3 is 0 Å². The van der Waals surface area contributed by atoms with Gasteiger partial charge in [-0.15, -0.1) is 0 Å². The predicted octanol–water partition coefficient (Wildman–Crippen LogP) is 3.33. The molecule has 18 heavy (non-hydrogen) atoms. The van der Waals surface area contributed by atoms with Gasteiger partial charge in [-0.05, 0) is 46.3 Å². The van der Waals surface area contributed by atoms with Gasteiger partial charge in [-0.1, -0.05) is 11.6 Å². The van der Waals surface area contributed by atoms with Gasteiger partial charge in [0.25, 0.3) is 5.91 Å². The summed E-state index contributed by atoms with van der Waals surface area (Å²) in [5.74, 6) is 0.0407. The number of hydrogen-bond donors (Lipinski definition) is 2. The highest BCUT2D eigenvalue weighted by Gasteiger charge is 2.07. The summed E-state index contributed by atoms with van der Waals surface area (Å²) < 4.78 is 0.773. The first kappa shape index (κ1) is 12.9. The largest absolute Gasteiger partial charge is 0.384 e. The first-order chi connectivity index (χ1) is 8.56. The maximum Gasteiger partial charge on any atom is 0.255 e. The molecule has 0 atom stereocenters. The molecule has 4 nitrogen and oxygen atoms in total. The van der Waals surface area contributed by atoms with E-state index in [0.29, 0.717) is 22.1 Å². The molecule has 0 saturated carbocycles. The number of rotatable bonds is 2. The molecule has 1 amide bonds. The molecule has 92 valence electrons. The molecular weight excluding hydrogens is 318 g/mol. The van der Waals surface area contributed by atoms with Crippen molar-refractivity contribution in [2.24, 2.45) is 0 Å². The van der Waals surface area contributed by atoms with Crippen LogP contribution in [0.3, 0.4) is 0 Å². The molecule has 6 heteroatoms. The Kier molecular flexibility index (Phi) is 3.84. The summed E-state index contributed by atoms with van der Waals surface area (Å²) in [6.07, 6.45) is 1.48. The van der Waals surface area contributed by atoms with Gasteiger partial charge in [0.15, 0.2) is 0 Å². The maximum atomic E-state index is 11.9. The lowest BCUT2D eigenvalue weighted by Crippen LogP contribution is -2.12. The lowest BCUT2D eigenvalue weighted by Gasteiger charge is -2.06. The summed E-state index contributed by atoms with van der Waals surface area (Å²) in [5.41, 5.74) is 6.58. The van der Waals surface area contributed by atoms with Crippen molar-refractivity contribution in [2.45, 2.75) is 0 Å². The Morgan fingerprint density at radius 3 is 2.78 bits per heavy atom. The van der Waals surface area contributed by atoms with E-state index in [1.807, 2.05) is 0 Å². The molecule has 3 N–H and O–H groups in total. The summed E-state index contributed by atoms with van der Waals surface area (Å²) in [7, 11) is 0. The zero-order valence-electron chi connectivity index (χ0n) is 9.15. The number of amides is 1. The smallest absolute Gasteiger partial charge is 0.255 e. The molecule has 0 saturated heterocycles. The molecular formula is C12H9BrClN3O. The standard InChI is InChI=1S/C12H9BrClN3O/c13-9-2-1-8(6-10(9)14)17-12(18)7-3-4-16-11(15)5-7/h1-6H,(H2,15,16)(H,17,18). The fraction of sp³-hybridized carbons (Fsp3) is 0. The number of nitrogens with one attached hydrogen (secondary N) is 1. The van der Waals surface area contributed by atoms with E-state index in [9.17, 15) is 4.79 Å². The maximum absolute atomic E-state index is 11.9. The molecule has 2 rings (SSSR count). The SMILES string of the molecule is Nc1cc(C(=O)Nc2ccc(Br)c(Cl)c2)ccn1. The van der Waals surface area contributed by atoms with Crippen LogP contribution in [0.1, 0.15) is 10.4 Å². The van der Waals surface area contributed by atoms with Crippen LogP contribution in [0.15, 0.2) is 41.0 Å². The Bertz CT molecular complexity index is 604. The van der Waals surface area contributed by atoms with Crippen molar-refractivity contribution in [3.8, 4) is 0 Å². The average Bonchev–Trinajstić information content (AvgIpc) is 2.34. The first-order valence-corrected chi connectivity index (χ1v) is 6.21. The molecule has 1 aromatic carbocycles. The van der Waals surface area contributed by atoms with Gasteiger partial charge in [-0.2, -0.15) is 0 Å². The summed E-state index contributed by atoms with van der Waals surface area (Å²) in [5, 5.41) is 3.26. The number of nitrogens with two attached hydrogens (primary N) is 1. The molecule has 0 aliphatic heterocycles. The third-order valence-corrected chi connectivity index (χ3v) is 3.45. The fourth-order valence-corrected chi connectivity index (χ4v) is 1.79. The topological polar surface area (TPSA) is 68.0 Å². The minimum atomic E-state index is -0.262. The number of nitrogens with zero attached hydrogens (tertiary/aromatic N) is 1. The highest BCUT2D eigenvalue weighted by atomic mass is 79.9. The number of benzene rings is 1. The molecule has 0 fully saturated rings. The lowest BCUT2D eigenvalue weighted by molar-refractivity contribution is 0.102. The van der Waals surface area contributed by atoms with E-state index in [2.05, 4.69) is 26.2 Å². The monoisotopic (exact) mass is 325 g/mol. The van der Waals surface area contributed by atoms with Gasteiger partial charge in [-0.3, -0.25) is 4.79 Å². The number of anilines is 2. The van der Waals surface area contributed by atoms with Crippen LogP contribution < -0.4 is 11.1 Å². The molecule has 0 aliphatic carbocycles. The van der Waals surface area contributed by atoms with Gasteiger partial charge in [0.2, 0.25) is 0 Å². The van der Waals surface area contributed by atoms with Crippen molar-refractivity contribution in [1.29, 1.82) is 0 Å². The van der Waals surface area contributed by atoms with E-state index in [1.165, 1.54) is 12.3 Å². The summed E-state index contributed by atoms with van der Waals surface area (Å²) in [6.45, 7) is 0. The van der Waals surface area contributed by atoms with Crippen molar-refractivity contribution in [3.05, 3.63) is 51.6 Å². The van der Waals surface area contributed by atoms with E-state index in [-0.39, 0.29) is 5.91 Å². The highest BCUT2D eigenvalue weighted by molar-refractivity contribution is 9.10. The Balaban J connectivity index is 2.18. The summed E-state index contributed by atoms with van der Waals surface area (Å²) >= 11 is 9.22. The summed E-state index contributed by atoms with van der Waals surface area (Å²) in [4.78, 5) is 15.7. The van der Waals surface area contributed by atoms with Crippen LogP contribution in [0.4, 0.5) is 11.5 Å². The molecule has 0 bridgehead atoms. The Hall–Kier alpha value is -1.59. The van der Waals surface area contributed by atoms with Crippen LogP contribution in [0.2, 0.25) is 5.02 Å². The van der Waals surface area contributed by atoms with Crippen LogP contribution in [-0.2, 0) is 0 Å².